The molecule has 0 amide bonds. The molecule has 1 rings (SSSR count). The van der Waals surface area contributed by atoms with Gasteiger partial charge in [0.2, 0.25) is 0 Å². The minimum absolute atomic E-state index is 0.532. The number of terminal acetylenes is 1. The fourth-order valence-electron chi connectivity index (χ4n) is 1.92. The summed E-state index contributed by atoms with van der Waals surface area (Å²) in [4.78, 5) is 1.76. The zero-order valence-electron chi connectivity index (χ0n) is 14.6. The van der Waals surface area contributed by atoms with Crippen LogP contribution in [0.1, 0.15) is 31.9 Å². The third kappa shape index (κ3) is 6.12. The summed E-state index contributed by atoms with van der Waals surface area (Å²) in [6.07, 6.45) is 7.38. The first-order valence-electron chi connectivity index (χ1n) is 7.65. The van der Waals surface area contributed by atoms with Crippen LogP contribution in [0.15, 0.2) is 42.9 Å². The van der Waals surface area contributed by atoms with E-state index in [1.807, 2.05) is 33.0 Å². The molecule has 119 valence electrons. The van der Waals surface area contributed by atoms with Gasteiger partial charge < -0.3 is 9.64 Å². The third-order valence-corrected chi connectivity index (χ3v) is 3.54. The molecule has 0 aliphatic rings. The lowest BCUT2D eigenvalue weighted by molar-refractivity contribution is 0.279. The second kappa shape index (κ2) is 8.95. The van der Waals surface area contributed by atoms with Crippen molar-refractivity contribution in [3.8, 4) is 18.2 Å². The summed E-state index contributed by atoms with van der Waals surface area (Å²) in [6.45, 7) is 15.4. The first-order valence-corrected chi connectivity index (χ1v) is 7.65. The average molecular weight is 306 g/mol. The Balaban J connectivity index is 2.96. The number of ether oxygens (including phenoxy) is 1. The number of nitrogens with zero attached hydrogens (tertiary/aromatic N) is 1. The van der Waals surface area contributed by atoms with E-state index in [-0.39, 0.29) is 0 Å². The molecule has 0 bridgehead atoms. The van der Waals surface area contributed by atoms with Gasteiger partial charge in [-0.3, -0.25) is 0 Å². The Bertz CT molecular complexity index is 652. The molecule has 0 fully saturated rings. The van der Waals surface area contributed by atoms with Crippen LogP contribution in [-0.2, 0) is 0 Å². The van der Waals surface area contributed by atoms with Gasteiger partial charge >= 0.3 is 0 Å². The SMILES string of the molecule is C#CN(C)CCOc1cc(C(=C)C)cc(C(=C)[B]/C(C)=C\C)c1. The second-order valence-corrected chi connectivity index (χ2v) is 5.63. The molecule has 0 saturated heterocycles. The smallest absolute Gasteiger partial charge is 0.184 e. The van der Waals surface area contributed by atoms with Crippen molar-refractivity contribution in [2.45, 2.75) is 20.8 Å². The maximum atomic E-state index is 5.84. The van der Waals surface area contributed by atoms with E-state index >= 15 is 0 Å². The number of benzene rings is 1. The molecule has 0 unspecified atom stereocenters. The van der Waals surface area contributed by atoms with Crippen molar-refractivity contribution in [2.75, 3.05) is 20.2 Å². The molecular formula is C20H25BNO. The Morgan fingerprint density at radius 1 is 1.30 bits per heavy atom. The van der Waals surface area contributed by atoms with Crippen LogP contribution in [-0.4, -0.2) is 32.4 Å². The minimum Gasteiger partial charge on any atom is -0.492 e. The summed E-state index contributed by atoms with van der Waals surface area (Å²) >= 11 is 0. The summed E-state index contributed by atoms with van der Waals surface area (Å²) < 4.78 is 5.84. The molecule has 0 aliphatic heterocycles. The van der Waals surface area contributed by atoms with Crippen molar-refractivity contribution < 1.29 is 4.74 Å². The molecule has 1 aromatic rings. The maximum absolute atomic E-state index is 5.84. The lowest BCUT2D eigenvalue weighted by Crippen LogP contribution is -2.19. The van der Waals surface area contributed by atoms with Crippen molar-refractivity contribution in [2.24, 2.45) is 0 Å². The number of hydrogen-bond donors (Lipinski definition) is 0. The fourth-order valence-corrected chi connectivity index (χ4v) is 1.92. The Hall–Kier alpha value is -2.34. The van der Waals surface area contributed by atoms with E-state index in [1.54, 1.807) is 4.90 Å². The second-order valence-electron chi connectivity index (χ2n) is 5.63. The summed E-state index contributed by atoms with van der Waals surface area (Å²) in [6, 6.07) is 8.64. The molecule has 1 aromatic carbocycles. The van der Waals surface area contributed by atoms with Crippen LogP contribution in [0, 0.1) is 12.5 Å². The number of hydrogen-bond acceptors (Lipinski definition) is 2. The van der Waals surface area contributed by atoms with Gasteiger partial charge in [-0.2, -0.15) is 0 Å². The normalized spacial score (nSPS) is 10.7. The molecule has 1 radical (unpaired) electrons. The minimum atomic E-state index is 0.532. The number of likely N-dealkylation sites (N-methyl/N-ethyl adjacent to an activating group) is 1. The Morgan fingerprint density at radius 3 is 2.52 bits per heavy atom. The van der Waals surface area contributed by atoms with Gasteiger partial charge in [-0.25, -0.2) is 0 Å². The van der Waals surface area contributed by atoms with E-state index in [4.69, 9.17) is 11.2 Å². The average Bonchev–Trinajstić information content (AvgIpc) is 2.53. The van der Waals surface area contributed by atoms with Crippen LogP contribution in [0.5, 0.6) is 5.75 Å². The molecule has 0 aromatic heterocycles. The van der Waals surface area contributed by atoms with Gasteiger partial charge in [0, 0.05) is 13.1 Å². The molecule has 0 atom stereocenters. The third-order valence-electron chi connectivity index (χ3n) is 3.54. The summed E-state index contributed by atoms with van der Waals surface area (Å²) in [5.41, 5.74) is 5.21. The topological polar surface area (TPSA) is 12.5 Å². The highest BCUT2D eigenvalue weighted by Gasteiger charge is 2.08. The molecule has 3 heteroatoms. The largest absolute Gasteiger partial charge is 0.492 e. The summed E-state index contributed by atoms with van der Waals surface area (Å²) in [5.74, 6) is 0.804. The van der Waals surface area contributed by atoms with Crippen LogP contribution in [0.2, 0.25) is 0 Å². The van der Waals surface area contributed by atoms with Gasteiger partial charge in [-0.1, -0.05) is 37.0 Å². The Kier molecular flexibility index (Phi) is 7.28. The molecule has 0 spiro atoms. The number of allylic oxidation sites excluding steroid dienone is 3. The van der Waals surface area contributed by atoms with E-state index < -0.39 is 0 Å². The molecule has 23 heavy (non-hydrogen) atoms. The molecular weight excluding hydrogens is 281 g/mol. The van der Waals surface area contributed by atoms with Crippen LogP contribution >= 0.6 is 0 Å². The van der Waals surface area contributed by atoms with Crippen molar-refractivity contribution >= 4 is 18.3 Å². The van der Waals surface area contributed by atoms with Crippen molar-refractivity contribution in [1.29, 1.82) is 0 Å². The Morgan fingerprint density at radius 2 is 1.96 bits per heavy atom. The van der Waals surface area contributed by atoms with E-state index in [0.29, 0.717) is 13.2 Å². The highest BCUT2D eigenvalue weighted by molar-refractivity contribution is 6.67. The molecule has 0 aliphatic carbocycles. The van der Waals surface area contributed by atoms with Crippen molar-refractivity contribution in [1.82, 2.24) is 4.90 Å². The van der Waals surface area contributed by atoms with Crippen LogP contribution < -0.4 is 4.74 Å². The van der Waals surface area contributed by atoms with Gasteiger partial charge in [-0.05, 0) is 43.2 Å². The van der Waals surface area contributed by atoms with Crippen molar-refractivity contribution in [3.63, 3.8) is 0 Å². The fraction of sp³-hybridized carbons (Fsp3) is 0.300. The van der Waals surface area contributed by atoms with Gasteiger partial charge in [0.15, 0.2) is 7.28 Å². The number of rotatable bonds is 8. The van der Waals surface area contributed by atoms with E-state index in [0.717, 1.165) is 27.9 Å². The quantitative estimate of drug-likeness (QED) is 0.405. The Labute approximate surface area is 141 Å². The first kappa shape index (κ1) is 18.7. The van der Waals surface area contributed by atoms with E-state index in [1.165, 1.54) is 5.47 Å². The van der Waals surface area contributed by atoms with Gasteiger partial charge in [0.05, 0.1) is 6.54 Å². The molecule has 0 N–H and O–H groups in total. The molecule has 0 heterocycles. The lowest BCUT2D eigenvalue weighted by Gasteiger charge is -2.15. The van der Waals surface area contributed by atoms with E-state index in [9.17, 15) is 0 Å². The lowest BCUT2D eigenvalue weighted by atomic mass is 9.61. The first-order chi connectivity index (χ1) is 10.9. The zero-order chi connectivity index (χ0) is 17.4. The summed E-state index contributed by atoms with van der Waals surface area (Å²) in [7, 11) is 3.92. The van der Waals surface area contributed by atoms with Gasteiger partial charge in [0.25, 0.3) is 0 Å². The highest BCUT2D eigenvalue weighted by atomic mass is 16.5. The standard InChI is InChI=1S/C20H25BNO/c1-8-16(5)21-17(6)19-12-18(15(3)4)13-20(14-19)23-11-10-22(7)9-2/h2,8,12-14H,3,6,10-11H2,1,4-5,7H3/b16-8-. The van der Waals surface area contributed by atoms with Crippen LogP contribution in [0.4, 0.5) is 0 Å². The van der Waals surface area contributed by atoms with Gasteiger partial charge in [-0.15, -0.1) is 12.1 Å². The van der Waals surface area contributed by atoms with Crippen molar-refractivity contribution in [3.05, 3.63) is 54.0 Å². The predicted molar refractivity (Wildman–Crippen MR) is 102 cm³/mol. The van der Waals surface area contributed by atoms with E-state index in [2.05, 4.69) is 45.5 Å². The molecule has 0 saturated carbocycles. The van der Waals surface area contributed by atoms with Crippen LogP contribution in [0.3, 0.4) is 0 Å². The zero-order valence-corrected chi connectivity index (χ0v) is 14.6. The molecule has 2 nitrogen and oxygen atoms in total. The monoisotopic (exact) mass is 306 g/mol. The summed E-state index contributed by atoms with van der Waals surface area (Å²) in [5, 5.41) is 0. The highest BCUT2D eigenvalue weighted by Crippen LogP contribution is 2.26. The van der Waals surface area contributed by atoms with Crippen LogP contribution in [0.25, 0.3) is 11.0 Å². The maximum Gasteiger partial charge on any atom is 0.184 e. The predicted octanol–water partition coefficient (Wildman–Crippen LogP) is 4.22. The van der Waals surface area contributed by atoms with Gasteiger partial charge in [0.1, 0.15) is 12.4 Å².